The van der Waals surface area contributed by atoms with Crippen molar-refractivity contribution in [1.29, 1.82) is 0 Å². The van der Waals surface area contributed by atoms with Gasteiger partial charge in [-0.25, -0.2) is 0 Å². The molecule has 1 aliphatic heterocycles. The molecule has 0 saturated carbocycles. The van der Waals surface area contributed by atoms with E-state index in [-0.39, 0.29) is 0 Å². The molecule has 0 aromatic heterocycles. The number of aliphatic imine (C=N–C) groups is 1. The van der Waals surface area contributed by atoms with E-state index in [0.29, 0.717) is 0 Å². The quantitative estimate of drug-likeness (QED) is 0.523. The highest BCUT2D eigenvalue weighted by Crippen LogP contribution is 1.81. The van der Waals surface area contributed by atoms with Gasteiger partial charge in [-0.2, -0.15) is 0 Å². The number of hydrogen-bond acceptors (Lipinski definition) is 2. The Kier molecular flexibility index (Phi) is 4.88. The summed E-state index contributed by atoms with van der Waals surface area (Å²) >= 11 is 0. The van der Waals surface area contributed by atoms with E-state index in [4.69, 9.17) is 0 Å². The molecule has 0 bridgehead atoms. The molecule has 1 N–H and O–H groups in total. The Balaban J connectivity index is 0.000000291. The maximum atomic E-state index is 4.05. The summed E-state index contributed by atoms with van der Waals surface area (Å²) in [6.07, 6.45) is 3.88. The highest BCUT2D eigenvalue weighted by molar-refractivity contribution is 5.81. The molecular formula is C7H14N2. The highest BCUT2D eigenvalue weighted by Gasteiger charge is 1.86. The fraction of sp³-hybridized carbons (Fsp3) is 0.571. The van der Waals surface area contributed by atoms with Gasteiger partial charge < -0.3 is 5.32 Å². The van der Waals surface area contributed by atoms with E-state index in [9.17, 15) is 0 Å². The molecule has 9 heavy (non-hydrogen) atoms. The molecule has 0 saturated heterocycles. The Morgan fingerprint density at radius 3 is 2.44 bits per heavy atom. The first-order valence-electron chi connectivity index (χ1n) is 3.32. The number of rotatable bonds is 0. The Hall–Kier alpha value is -0.790. The normalized spacial score (nSPS) is 14.8. The van der Waals surface area contributed by atoms with Gasteiger partial charge in [0, 0.05) is 0 Å². The average Bonchev–Trinajstić information content (AvgIpc) is 1.94. The number of amidine groups is 1. The third-order valence-corrected chi connectivity index (χ3v) is 0.844. The lowest BCUT2D eigenvalue weighted by Crippen LogP contribution is -2.16. The SMILES string of the molecule is CC.CC1=NCC=CN1. The summed E-state index contributed by atoms with van der Waals surface area (Å²) in [6, 6.07) is 0. The van der Waals surface area contributed by atoms with Crippen LogP contribution in [0.4, 0.5) is 0 Å². The molecule has 0 aliphatic carbocycles. The molecule has 0 fully saturated rings. The van der Waals surface area contributed by atoms with Gasteiger partial charge in [-0.3, -0.25) is 4.99 Å². The van der Waals surface area contributed by atoms with Crippen LogP contribution in [0.2, 0.25) is 0 Å². The first kappa shape index (κ1) is 8.21. The second kappa shape index (κ2) is 5.35. The van der Waals surface area contributed by atoms with E-state index in [1.807, 2.05) is 33.0 Å². The monoisotopic (exact) mass is 126 g/mol. The van der Waals surface area contributed by atoms with Crippen LogP contribution in [0.25, 0.3) is 0 Å². The van der Waals surface area contributed by atoms with Crippen LogP contribution >= 0.6 is 0 Å². The fourth-order valence-corrected chi connectivity index (χ4v) is 0.468. The van der Waals surface area contributed by atoms with Crippen molar-refractivity contribution in [3.63, 3.8) is 0 Å². The van der Waals surface area contributed by atoms with Crippen molar-refractivity contribution in [2.45, 2.75) is 20.8 Å². The van der Waals surface area contributed by atoms with Crippen LogP contribution in [0.5, 0.6) is 0 Å². The van der Waals surface area contributed by atoms with Gasteiger partial charge in [0.1, 0.15) is 0 Å². The van der Waals surface area contributed by atoms with Crippen LogP contribution < -0.4 is 5.32 Å². The summed E-state index contributed by atoms with van der Waals surface area (Å²) in [5.74, 6) is 1.00. The van der Waals surface area contributed by atoms with Crippen LogP contribution in [0.1, 0.15) is 20.8 Å². The van der Waals surface area contributed by atoms with E-state index in [1.54, 1.807) is 0 Å². The van der Waals surface area contributed by atoms with Crippen LogP contribution in [-0.2, 0) is 0 Å². The first-order chi connectivity index (χ1) is 4.39. The molecule has 0 aromatic rings. The summed E-state index contributed by atoms with van der Waals surface area (Å²) in [7, 11) is 0. The summed E-state index contributed by atoms with van der Waals surface area (Å²) in [4.78, 5) is 4.05. The Morgan fingerprint density at radius 2 is 2.22 bits per heavy atom. The maximum Gasteiger partial charge on any atom is 0.0974 e. The maximum absolute atomic E-state index is 4.05. The fourth-order valence-electron chi connectivity index (χ4n) is 0.468. The standard InChI is InChI=1S/C5H8N2.C2H6/c1-5-6-3-2-4-7-5;1-2/h2-3H,4H2,1H3,(H,6,7);1-2H3. The van der Waals surface area contributed by atoms with Crippen molar-refractivity contribution in [2.75, 3.05) is 6.54 Å². The summed E-state index contributed by atoms with van der Waals surface area (Å²) in [5, 5.41) is 2.95. The Bertz CT molecular complexity index is 114. The van der Waals surface area contributed by atoms with Gasteiger partial charge in [0.25, 0.3) is 0 Å². The lowest BCUT2D eigenvalue weighted by molar-refractivity contribution is 1.09. The molecule has 1 aliphatic rings. The third-order valence-electron chi connectivity index (χ3n) is 0.844. The largest absolute Gasteiger partial charge is 0.351 e. The summed E-state index contributed by atoms with van der Waals surface area (Å²) < 4.78 is 0. The summed E-state index contributed by atoms with van der Waals surface area (Å²) in [6.45, 7) is 6.78. The van der Waals surface area contributed by atoms with Crippen LogP contribution in [0.15, 0.2) is 17.3 Å². The molecular weight excluding hydrogens is 112 g/mol. The molecule has 2 nitrogen and oxygen atoms in total. The van der Waals surface area contributed by atoms with Gasteiger partial charge in [-0.15, -0.1) is 0 Å². The minimum Gasteiger partial charge on any atom is -0.351 e. The minimum atomic E-state index is 0.832. The highest BCUT2D eigenvalue weighted by atomic mass is 15.0. The molecule has 1 heterocycles. The van der Waals surface area contributed by atoms with Crippen LogP contribution in [-0.4, -0.2) is 12.4 Å². The molecule has 0 atom stereocenters. The topological polar surface area (TPSA) is 24.4 Å². The zero-order chi connectivity index (χ0) is 7.11. The molecule has 2 heteroatoms. The second-order valence-electron chi connectivity index (χ2n) is 1.47. The van der Waals surface area contributed by atoms with Gasteiger partial charge in [0.05, 0.1) is 12.4 Å². The van der Waals surface area contributed by atoms with Crippen molar-refractivity contribution in [1.82, 2.24) is 5.32 Å². The van der Waals surface area contributed by atoms with Gasteiger partial charge in [-0.1, -0.05) is 13.8 Å². The zero-order valence-electron chi connectivity index (χ0n) is 6.31. The lowest BCUT2D eigenvalue weighted by atomic mass is 10.5. The predicted octanol–water partition coefficient (Wildman–Crippen LogP) is 1.55. The average molecular weight is 126 g/mol. The van der Waals surface area contributed by atoms with Crippen LogP contribution in [0.3, 0.4) is 0 Å². The second-order valence-corrected chi connectivity index (χ2v) is 1.47. The van der Waals surface area contributed by atoms with Crippen molar-refractivity contribution in [3.05, 3.63) is 12.3 Å². The molecule has 1 rings (SSSR count). The van der Waals surface area contributed by atoms with Gasteiger partial charge in [0.15, 0.2) is 0 Å². The number of nitrogens with one attached hydrogen (secondary N) is 1. The van der Waals surface area contributed by atoms with E-state index in [2.05, 4.69) is 10.3 Å². The number of nitrogens with zero attached hydrogens (tertiary/aromatic N) is 1. The van der Waals surface area contributed by atoms with Crippen molar-refractivity contribution < 1.29 is 0 Å². The van der Waals surface area contributed by atoms with Gasteiger partial charge >= 0.3 is 0 Å². The molecule has 0 amide bonds. The molecule has 0 radical (unpaired) electrons. The number of hydrogen-bond donors (Lipinski definition) is 1. The Labute approximate surface area is 56.7 Å². The van der Waals surface area contributed by atoms with Crippen molar-refractivity contribution in [2.24, 2.45) is 4.99 Å². The minimum absolute atomic E-state index is 0.832. The van der Waals surface area contributed by atoms with Crippen LogP contribution in [0, 0.1) is 0 Å². The first-order valence-corrected chi connectivity index (χ1v) is 3.32. The molecule has 0 aromatic carbocycles. The smallest absolute Gasteiger partial charge is 0.0974 e. The Morgan fingerprint density at radius 1 is 1.56 bits per heavy atom. The predicted molar refractivity (Wildman–Crippen MR) is 41.6 cm³/mol. The van der Waals surface area contributed by atoms with Crippen molar-refractivity contribution in [3.8, 4) is 0 Å². The third kappa shape index (κ3) is 3.76. The lowest BCUT2D eigenvalue weighted by Gasteiger charge is -2.01. The van der Waals surface area contributed by atoms with E-state index >= 15 is 0 Å². The molecule has 0 spiro atoms. The van der Waals surface area contributed by atoms with Crippen molar-refractivity contribution >= 4 is 5.84 Å². The molecule has 0 unspecified atom stereocenters. The van der Waals surface area contributed by atoms with E-state index < -0.39 is 0 Å². The van der Waals surface area contributed by atoms with E-state index in [1.165, 1.54) is 0 Å². The summed E-state index contributed by atoms with van der Waals surface area (Å²) in [5.41, 5.74) is 0. The molecule has 52 valence electrons. The van der Waals surface area contributed by atoms with E-state index in [0.717, 1.165) is 12.4 Å². The van der Waals surface area contributed by atoms with Gasteiger partial charge in [0.2, 0.25) is 0 Å². The zero-order valence-corrected chi connectivity index (χ0v) is 6.31. The van der Waals surface area contributed by atoms with Gasteiger partial charge in [-0.05, 0) is 19.2 Å².